The van der Waals surface area contributed by atoms with Crippen LogP contribution in [0.4, 0.5) is 5.88 Å². The minimum atomic E-state index is 0.322. The molecule has 60 valence electrons. The highest BCUT2D eigenvalue weighted by Gasteiger charge is 2.05. The number of nitrogen functional groups attached to an aromatic ring is 1. The van der Waals surface area contributed by atoms with E-state index in [0.29, 0.717) is 5.88 Å². The average Bonchev–Trinajstić information content (AvgIpc) is 2.53. The number of hydrogen-bond donors (Lipinski definition) is 1. The summed E-state index contributed by atoms with van der Waals surface area (Å²) in [4.78, 5) is 3.96. The van der Waals surface area contributed by atoms with Crippen molar-refractivity contribution in [2.45, 2.75) is 0 Å². The average molecular weight is 161 g/mol. The Labute approximate surface area is 69.0 Å². The molecular weight excluding hydrogens is 154 g/mol. The molecule has 0 amide bonds. The van der Waals surface area contributed by atoms with Gasteiger partial charge in [0.2, 0.25) is 5.88 Å². The lowest BCUT2D eigenvalue weighted by atomic mass is 10.1. The van der Waals surface area contributed by atoms with Gasteiger partial charge in [0.1, 0.15) is 0 Å². The second kappa shape index (κ2) is 2.65. The van der Waals surface area contributed by atoms with Crippen molar-refractivity contribution in [2.24, 2.45) is 0 Å². The van der Waals surface area contributed by atoms with Crippen molar-refractivity contribution in [3.63, 3.8) is 0 Å². The van der Waals surface area contributed by atoms with E-state index in [0.717, 1.165) is 11.1 Å². The fourth-order valence-corrected chi connectivity index (χ4v) is 0.988. The van der Waals surface area contributed by atoms with Crippen LogP contribution in [0.1, 0.15) is 0 Å². The van der Waals surface area contributed by atoms with Gasteiger partial charge in [0.25, 0.3) is 0 Å². The number of rotatable bonds is 1. The first-order chi connectivity index (χ1) is 5.88. The zero-order chi connectivity index (χ0) is 8.39. The van der Waals surface area contributed by atoms with Gasteiger partial charge in [0, 0.05) is 18.0 Å². The van der Waals surface area contributed by atoms with Crippen LogP contribution in [0.2, 0.25) is 0 Å². The molecule has 0 aliphatic carbocycles. The van der Waals surface area contributed by atoms with Gasteiger partial charge < -0.3 is 10.3 Å². The quantitative estimate of drug-likeness (QED) is 0.685. The Hall–Kier alpha value is -1.84. The van der Waals surface area contributed by atoms with Gasteiger partial charge in [-0.05, 0) is 6.07 Å². The Balaban J connectivity index is 2.51. The molecule has 0 saturated carbocycles. The maximum absolute atomic E-state index is 5.52. The third-order valence-corrected chi connectivity index (χ3v) is 1.57. The van der Waals surface area contributed by atoms with E-state index in [1.807, 2.05) is 12.1 Å². The Morgan fingerprint density at radius 3 is 2.83 bits per heavy atom. The molecule has 0 unspecified atom stereocenters. The van der Waals surface area contributed by atoms with Gasteiger partial charge in [-0.1, -0.05) is 11.2 Å². The Bertz CT molecular complexity index is 369. The normalized spacial score (nSPS) is 10.0. The lowest BCUT2D eigenvalue weighted by Crippen LogP contribution is -1.84. The number of anilines is 1. The maximum atomic E-state index is 5.52. The molecule has 0 aliphatic heterocycles. The Kier molecular flexibility index (Phi) is 1.51. The largest absolute Gasteiger partial charge is 0.367 e. The number of nitrogens with zero attached hydrogens (tertiary/aromatic N) is 2. The summed E-state index contributed by atoms with van der Waals surface area (Å²) in [6.45, 7) is 0. The van der Waals surface area contributed by atoms with Gasteiger partial charge in [-0.15, -0.1) is 0 Å². The molecule has 0 atom stereocenters. The molecular formula is C8H7N3O. The number of hydrogen-bond acceptors (Lipinski definition) is 4. The second-order valence-corrected chi connectivity index (χ2v) is 2.35. The van der Waals surface area contributed by atoms with Gasteiger partial charge in [-0.25, -0.2) is 0 Å². The first-order valence-corrected chi connectivity index (χ1v) is 3.48. The summed E-state index contributed by atoms with van der Waals surface area (Å²) < 4.78 is 4.72. The van der Waals surface area contributed by atoms with E-state index in [9.17, 15) is 0 Å². The molecule has 0 saturated heterocycles. The van der Waals surface area contributed by atoms with Gasteiger partial charge in [-0.3, -0.25) is 4.98 Å². The molecule has 0 fully saturated rings. The minimum absolute atomic E-state index is 0.322. The van der Waals surface area contributed by atoms with Crippen LogP contribution in [0, 0.1) is 0 Å². The van der Waals surface area contributed by atoms with Crippen molar-refractivity contribution < 1.29 is 4.52 Å². The van der Waals surface area contributed by atoms with E-state index in [-0.39, 0.29) is 0 Å². The van der Waals surface area contributed by atoms with Crippen LogP contribution >= 0.6 is 0 Å². The van der Waals surface area contributed by atoms with Crippen molar-refractivity contribution in [3.05, 3.63) is 30.7 Å². The van der Waals surface area contributed by atoms with Gasteiger partial charge in [-0.2, -0.15) is 0 Å². The summed E-state index contributed by atoms with van der Waals surface area (Å²) >= 11 is 0. The Morgan fingerprint density at radius 1 is 1.33 bits per heavy atom. The fraction of sp³-hybridized carbons (Fsp3) is 0. The van der Waals surface area contributed by atoms with E-state index in [1.165, 1.54) is 0 Å². The monoisotopic (exact) mass is 161 g/mol. The summed E-state index contributed by atoms with van der Waals surface area (Å²) in [7, 11) is 0. The van der Waals surface area contributed by atoms with E-state index in [2.05, 4.69) is 10.1 Å². The molecule has 2 heterocycles. The highest BCUT2D eigenvalue weighted by atomic mass is 16.5. The zero-order valence-corrected chi connectivity index (χ0v) is 6.27. The summed E-state index contributed by atoms with van der Waals surface area (Å²) in [5.74, 6) is 0.322. The molecule has 2 N–H and O–H groups in total. The lowest BCUT2D eigenvalue weighted by molar-refractivity contribution is 0.436. The van der Waals surface area contributed by atoms with E-state index in [4.69, 9.17) is 10.3 Å². The first-order valence-electron chi connectivity index (χ1n) is 3.48. The van der Waals surface area contributed by atoms with Crippen LogP contribution in [0.5, 0.6) is 0 Å². The zero-order valence-electron chi connectivity index (χ0n) is 6.27. The van der Waals surface area contributed by atoms with Crippen molar-refractivity contribution in [1.82, 2.24) is 10.1 Å². The minimum Gasteiger partial charge on any atom is -0.367 e. The fourth-order valence-electron chi connectivity index (χ4n) is 0.988. The molecule has 0 bridgehead atoms. The summed E-state index contributed by atoms with van der Waals surface area (Å²) in [5, 5.41) is 3.57. The van der Waals surface area contributed by atoms with Crippen LogP contribution in [0.25, 0.3) is 11.1 Å². The van der Waals surface area contributed by atoms with Crippen molar-refractivity contribution in [2.75, 3.05) is 5.73 Å². The smallest absolute Gasteiger partial charge is 0.230 e. The van der Waals surface area contributed by atoms with Gasteiger partial charge in [0.15, 0.2) is 0 Å². The molecule has 0 spiro atoms. The summed E-state index contributed by atoms with van der Waals surface area (Å²) in [5.41, 5.74) is 7.21. The third kappa shape index (κ3) is 1.03. The van der Waals surface area contributed by atoms with E-state index in [1.54, 1.807) is 18.6 Å². The summed E-state index contributed by atoms with van der Waals surface area (Å²) in [6, 6.07) is 3.73. The van der Waals surface area contributed by atoms with Crippen LogP contribution in [-0.2, 0) is 0 Å². The molecule has 2 aromatic heterocycles. The summed E-state index contributed by atoms with van der Waals surface area (Å²) in [6.07, 6.45) is 4.99. The Morgan fingerprint density at radius 2 is 2.25 bits per heavy atom. The topological polar surface area (TPSA) is 64.9 Å². The van der Waals surface area contributed by atoms with Crippen molar-refractivity contribution in [1.29, 1.82) is 0 Å². The first kappa shape index (κ1) is 6.84. The molecule has 2 aromatic rings. The molecule has 4 nitrogen and oxygen atoms in total. The SMILES string of the molecule is Nc1oncc1-c1cccnc1. The second-order valence-electron chi connectivity index (χ2n) is 2.35. The predicted octanol–water partition coefficient (Wildman–Crippen LogP) is 1.32. The van der Waals surface area contributed by atoms with Crippen molar-refractivity contribution >= 4 is 5.88 Å². The van der Waals surface area contributed by atoms with Gasteiger partial charge in [0.05, 0.1) is 11.8 Å². The van der Waals surface area contributed by atoms with Gasteiger partial charge >= 0.3 is 0 Å². The molecule has 12 heavy (non-hydrogen) atoms. The van der Waals surface area contributed by atoms with Crippen molar-refractivity contribution in [3.8, 4) is 11.1 Å². The molecule has 4 heteroatoms. The molecule has 0 radical (unpaired) electrons. The molecule has 2 rings (SSSR count). The standard InChI is InChI=1S/C8H7N3O/c9-8-7(5-11-12-8)6-2-1-3-10-4-6/h1-5H,9H2. The lowest BCUT2D eigenvalue weighted by Gasteiger charge is -1.93. The predicted molar refractivity (Wildman–Crippen MR) is 44.1 cm³/mol. The molecule has 0 aliphatic rings. The van der Waals surface area contributed by atoms with Crippen LogP contribution in [-0.4, -0.2) is 10.1 Å². The highest BCUT2D eigenvalue weighted by Crippen LogP contribution is 2.23. The third-order valence-electron chi connectivity index (χ3n) is 1.57. The highest BCUT2D eigenvalue weighted by molar-refractivity contribution is 5.70. The molecule has 0 aromatic carbocycles. The number of aromatic nitrogens is 2. The maximum Gasteiger partial charge on any atom is 0.230 e. The van der Waals surface area contributed by atoms with Crippen LogP contribution < -0.4 is 5.73 Å². The van der Waals surface area contributed by atoms with E-state index >= 15 is 0 Å². The number of pyridine rings is 1. The van der Waals surface area contributed by atoms with Crippen LogP contribution in [0.3, 0.4) is 0 Å². The van der Waals surface area contributed by atoms with E-state index < -0.39 is 0 Å². The van der Waals surface area contributed by atoms with Crippen LogP contribution in [0.15, 0.2) is 35.2 Å². The number of nitrogens with two attached hydrogens (primary N) is 1.